The van der Waals surface area contributed by atoms with Gasteiger partial charge in [-0.05, 0) is 11.5 Å². The Balaban J connectivity index is 2.17. The van der Waals surface area contributed by atoms with Gasteiger partial charge in [-0.3, -0.25) is 9.78 Å². The van der Waals surface area contributed by atoms with Crippen molar-refractivity contribution in [3.05, 3.63) is 51.8 Å². The molecule has 0 saturated heterocycles. The second-order valence-electron chi connectivity index (χ2n) is 5.44. The van der Waals surface area contributed by atoms with E-state index in [1.807, 2.05) is 30.3 Å². The molecule has 1 aromatic carbocycles. The highest BCUT2D eigenvalue weighted by atomic mass is 16.1. The van der Waals surface area contributed by atoms with E-state index in [0.29, 0.717) is 30.8 Å². The molecule has 0 aliphatic carbocycles. The number of aromatic nitrogens is 2. The molecule has 2 rings (SSSR count). The smallest absolute Gasteiger partial charge is 0.263 e. The largest absolute Gasteiger partial charge is 0.369 e. The minimum atomic E-state index is -0.327. The minimum Gasteiger partial charge on any atom is -0.369 e. The highest BCUT2D eigenvalue weighted by molar-refractivity contribution is 5.83. The summed E-state index contributed by atoms with van der Waals surface area (Å²) in [6, 6.07) is 9.86. The van der Waals surface area contributed by atoms with Gasteiger partial charge in [0.15, 0.2) is 0 Å². The zero-order chi connectivity index (χ0) is 15.9. The molecule has 1 aromatic heterocycles. The summed E-state index contributed by atoms with van der Waals surface area (Å²) in [5.74, 6) is 1.24. The van der Waals surface area contributed by atoms with Crippen molar-refractivity contribution in [2.45, 2.75) is 20.4 Å². The molecule has 0 spiro atoms. The summed E-state index contributed by atoms with van der Waals surface area (Å²) in [4.78, 5) is 19.0. The molecule has 6 nitrogen and oxygen atoms in total. The Bertz CT molecular complexity index is 679. The lowest BCUT2D eigenvalue weighted by Crippen LogP contribution is -2.21. The molecule has 0 aliphatic heterocycles. The van der Waals surface area contributed by atoms with Gasteiger partial charge in [0, 0.05) is 19.3 Å². The number of hydrogen-bond donors (Lipinski definition) is 4. The number of anilines is 2. The van der Waals surface area contributed by atoms with E-state index in [1.165, 1.54) is 0 Å². The molecule has 1 heterocycles. The monoisotopic (exact) mass is 299 g/mol. The van der Waals surface area contributed by atoms with Crippen molar-refractivity contribution in [2.75, 3.05) is 17.2 Å². The lowest BCUT2D eigenvalue weighted by atomic mass is 10.2. The van der Waals surface area contributed by atoms with Crippen LogP contribution in [0, 0.1) is 11.3 Å². The number of benzene rings is 1. The summed E-state index contributed by atoms with van der Waals surface area (Å²) in [6.45, 7) is 5.39. The molecule has 0 aliphatic rings. The van der Waals surface area contributed by atoms with Crippen molar-refractivity contribution in [1.29, 1.82) is 5.41 Å². The normalized spacial score (nSPS) is 10.5. The molecule has 0 radical (unpaired) electrons. The summed E-state index contributed by atoms with van der Waals surface area (Å²) < 4.78 is 0. The van der Waals surface area contributed by atoms with Crippen LogP contribution in [-0.4, -0.2) is 22.7 Å². The van der Waals surface area contributed by atoms with Crippen LogP contribution in [0.15, 0.2) is 35.1 Å². The lowest BCUT2D eigenvalue weighted by Gasteiger charge is -2.12. The molecule has 0 fully saturated rings. The predicted molar refractivity (Wildman–Crippen MR) is 89.8 cm³/mol. The molecule has 0 bridgehead atoms. The topological polar surface area (TPSA) is 93.7 Å². The average Bonchev–Trinajstić information content (AvgIpc) is 2.51. The predicted octanol–water partition coefficient (Wildman–Crippen LogP) is 2.45. The number of nitrogens with zero attached hydrogens (tertiary/aromatic N) is 1. The Morgan fingerprint density at radius 2 is 2.00 bits per heavy atom. The SMILES string of the molecule is CC(C)CNc1nc(NCc2ccccc2)[nH]c(=O)c1C=N. The molecule has 0 amide bonds. The van der Waals surface area contributed by atoms with Crippen LogP contribution < -0.4 is 16.2 Å². The summed E-state index contributed by atoms with van der Waals surface area (Å²) in [6.07, 6.45) is 1.02. The van der Waals surface area contributed by atoms with Crippen LogP contribution in [0.4, 0.5) is 11.8 Å². The summed E-state index contributed by atoms with van der Waals surface area (Å²) in [5, 5.41) is 13.6. The van der Waals surface area contributed by atoms with Crippen LogP contribution in [0.1, 0.15) is 25.0 Å². The van der Waals surface area contributed by atoms with Crippen LogP contribution in [0.3, 0.4) is 0 Å². The Labute approximate surface area is 129 Å². The van der Waals surface area contributed by atoms with Crippen LogP contribution in [0.2, 0.25) is 0 Å². The van der Waals surface area contributed by atoms with Crippen molar-refractivity contribution < 1.29 is 0 Å². The third-order valence-corrected chi connectivity index (χ3v) is 3.08. The van der Waals surface area contributed by atoms with E-state index >= 15 is 0 Å². The van der Waals surface area contributed by atoms with E-state index < -0.39 is 0 Å². The van der Waals surface area contributed by atoms with Crippen LogP contribution in [0.5, 0.6) is 0 Å². The quantitative estimate of drug-likeness (QED) is 0.591. The highest BCUT2D eigenvalue weighted by Gasteiger charge is 2.09. The third kappa shape index (κ3) is 4.18. The summed E-state index contributed by atoms with van der Waals surface area (Å²) in [7, 11) is 0. The molecule has 0 saturated carbocycles. The van der Waals surface area contributed by atoms with Crippen molar-refractivity contribution >= 4 is 18.0 Å². The Hall–Kier alpha value is -2.63. The van der Waals surface area contributed by atoms with E-state index in [9.17, 15) is 4.79 Å². The lowest BCUT2D eigenvalue weighted by molar-refractivity contribution is 0.686. The van der Waals surface area contributed by atoms with Gasteiger partial charge in [-0.15, -0.1) is 0 Å². The molecule has 116 valence electrons. The van der Waals surface area contributed by atoms with Gasteiger partial charge >= 0.3 is 0 Å². The van der Waals surface area contributed by atoms with Crippen molar-refractivity contribution in [2.24, 2.45) is 5.92 Å². The molecule has 4 N–H and O–H groups in total. The molecule has 6 heteroatoms. The van der Waals surface area contributed by atoms with E-state index in [2.05, 4.69) is 34.4 Å². The van der Waals surface area contributed by atoms with Crippen molar-refractivity contribution in [1.82, 2.24) is 9.97 Å². The first-order chi connectivity index (χ1) is 10.6. The Morgan fingerprint density at radius 3 is 2.64 bits per heavy atom. The maximum Gasteiger partial charge on any atom is 0.263 e. The molecule has 2 aromatic rings. The highest BCUT2D eigenvalue weighted by Crippen LogP contribution is 2.10. The minimum absolute atomic E-state index is 0.242. The van der Waals surface area contributed by atoms with Gasteiger partial charge in [-0.1, -0.05) is 44.2 Å². The van der Waals surface area contributed by atoms with Gasteiger partial charge in [0.2, 0.25) is 5.95 Å². The van der Waals surface area contributed by atoms with Gasteiger partial charge in [0.25, 0.3) is 5.56 Å². The first-order valence-electron chi connectivity index (χ1n) is 7.26. The van der Waals surface area contributed by atoms with Crippen LogP contribution >= 0.6 is 0 Å². The number of hydrogen-bond acceptors (Lipinski definition) is 5. The number of nitrogens with one attached hydrogen (secondary N) is 4. The number of rotatable bonds is 7. The fourth-order valence-electron chi connectivity index (χ4n) is 1.92. The summed E-state index contributed by atoms with van der Waals surface area (Å²) in [5.41, 5.74) is 1.01. The second-order valence-corrected chi connectivity index (χ2v) is 5.44. The second kappa shape index (κ2) is 7.40. The van der Waals surface area contributed by atoms with Crippen LogP contribution in [0.25, 0.3) is 0 Å². The fraction of sp³-hybridized carbons (Fsp3) is 0.312. The van der Waals surface area contributed by atoms with E-state index in [4.69, 9.17) is 5.41 Å². The van der Waals surface area contributed by atoms with Crippen molar-refractivity contribution in [3.63, 3.8) is 0 Å². The first-order valence-corrected chi connectivity index (χ1v) is 7.26. The van der Waals surface area contributed by atoms with Crippen LogP contribution in [-0.2, 0) is 6.54 Å². The Kier molecular flexibility index (Phi) is 5.30. The zero-order valence-corrected chi connectivity index (χ0v) is 12.8. The molecule has 0 atom stereocenters. The van der Waals surface area contributed by atoms with Gasteiger partial charge in [0.1, 0.15) is 5.82 Å². The molecular formula is C16H21N5O. The van der Waals surface area contributed by atoms with Crippen molar-refractivity contribution in [3.8, 4) is 0 Å². The molecule has 22 heavy (non-hydrogen) atoms. The van der Waals surface area contributed by atoms with E-state index in [-0.39, 0.29) is 11.1 Å². The van der Waals surface area contributed by atoms with E-state index in [1.54, 1.807) is 0 Å². The maximum atomic E-state index is 12.0. The Morgan fingerprint density at radius 1 is 1.27 bits per heavy atom. The van der Waals surface area contributed by atoms with Gasteiger partial charge < -0.3 is 16.0 Å². The fourth-order valence-corrected chi connectivity index (χ4v) is 1.92. The first kappa shape index (κ1) is 15.8. The van der Waals surface area contributed by atoms with E-state index in [0.717, 1.165) is 11.8 Å². The van der Waals surface area contributed by atoms with Gasteiger partial charge in [0.05, 0.1) is 5.56 Å². The standard InChI is InChI=1S/C16H21N5O/c1-11(2)9-18-14-13(8-17)15(22)21-16(20-14)19-10-12-6-4-3-5-7-12/h3-8,11,17H,9-10H2,1-2H3,(H3,18,19,20,21,22). The molecule has 0 unspecified atom stereocenters. The number of aromatic amines is 1. The summed E-state index contributed by atoms with van der Waals surface area (Å²) >= 11 is 0. The average molecular weight is 299 g/mol. The zero-order valence-electron chi connectivity index (χ0n) is 12.8. The maximum absolute atomic E-state index is 12.0. The van der Waals surface area contributed by atoms with Gasteiger partial charge in [-0.25, -0.2) is 0 Å². The molecular weight excluding hydrogens is 278 g/mol. The van der Waals surface area contributed by atoms with Gasteiger partial charge in [-0.2, -0.15) is 4.98 Å². The third-order valence-electron chi connectivity index (χ3n) is 3.08. The number of H-pyrrole nitrogens is 1.